The third kappa shape index (κ3) is 3.80. The lowest BCUT2D eigenvalue weighted by Crippen LogP contribution is -2.45. The first kappa shape index (κ1) is 14.6. The number of carbonyl (C=O) groups excluding carboxylic acids is 1. The second kappa shape index (κ2) is 6.49. The van der Waals surface area contributed by atoms with Gasteiger partial charge in [-0.3, -0.25) is 9.78 Å². The zero-order valence-electron chi connectivity index (χ0n) is 10.2. The molecule has 5 nitrogen and oxygen atoms in total. The molecule has 98 valence electrons. The number of hydrogen-bond acceptors (Lipinski definition) is 3. The molecule has 18 heavy (non-hydrogen) atoms. The summed E-state index contributed by atoms with van der Waals surface area (Å²) < 4.78 is 0.672. The van der Waals surface area contributed by atoms with Gasteiger partial charge < -0.3 is 10.4 Å². The van der Waals surface area contributed by atoms with Gasteiger partial charge in [0.25, 0.3) is 5.91 Å². The van der Waals surface area contributed by atoms with Gasteiger partial charge in [-0.25, -0.2) is 4.79 Å². The van der Waals surface area contributed by atoms with E-state index in [2.05, 4.69) is 26.2 Å². The SMILES string of the molecule is CCC(C)C(NC(=O)c1cncc(Br)c1)C(=O)O. The molecule has 1 amide bonds. The number of amides is 1. The molecule has 2 unspecified atom stereocenters. The van der Waals surface area contributed by atoms with Crippen LogP contribution in [0.25, 0.3) is 0 Å². The van der Waals surface area contributed by atoms with E-state index in [9.17, 15) is 9.59 Å². The quantitative estimate of drug-likeness (QED) is 0.872. The van der Waals surface area contributed by atoms with Crippen LogP contribution in [-0.2, 0) is 4.79 Å². The predicted molar refractivity (Wildman–Crippen MR) is 70.3 cm³/mol. The summed E-state index contributed by atoms with van der Waals surface area (Å²) in [5, 5.41) is 11.6. The third-order valence-electron chi connectivity index (χ3n) is 2.73. The van der Waals surface area contributed by atoms with E-state index < -0.39 is 17.9 Å². The number of nitrogens with one attached hydrogen (secondary N) is 1. The summed E-state index contributed by atoms with van der Waals surface area (Å²) in [6.45, 7) is 3.67. The number of hydrogen-bond donors (Lipinski definition) is 2. The topological polar surface area (TPSA) is 79.3 Å². The highest BCUT2D eigenvalue weighted by molar-refractivity contribution is 9.10. The summed E-state index contributed by atoms with van der Waals surface area (Å²) in [7, 11) is 0. The molecule has 0 saturated heterocycles. The fourth-order valence-corrected chi connectivity index (χ4v) is 1.81. The lowest BCUT2D eigenvalue weighted by molar-refractivity contribution is -0.140. The van der Waals surface area contributed by atoms with Crippen molar-refractivity contribution in [2.75, 3.05) is 0 Å². The maximum absolute atomic E-state index is 11.9. The molecule has 1 rings (SSSR count). The molecule has 6 heteroatoms. The van der Waals surface area contributed by atoms with E-state index in [0.717, 1.165) is 0 Å². The van der Waals surface area contributed by atoms with E-state index in [1.165, 1.54) is 6.20 Å². The second-order valence-electron chi connectivity index (χ2n) is 4.07. The molecule has 0 aromatic carbocycles. The number of carboxylic acids is 1. The molecule has 0 aliphatic carbocycles. The molecular weight excluding hydrogens is 300 g/mol. The van der Waals surface area contributed by atoms with Crippen LogP contribution in [0.15, 0.2) is 22.9 Å². The molecule has 1 aromatic rings. The Kier molecular flexibility index (Phi) is 5.27. The van der Waals surface area contributed by atoms with Crippen molar-refractivity contribution >= 4 is 27.8 Å². The van der Waals surface area contributed by atoms with Crippen molar-refractivity contribution in [2.24, 2.45) is 5.92 Å². The van der Waals surface area contributed by atoms with Gasteiger partial charge in [-0.1, -0.05) is 20.3 Å². The summed E-state index contributed by atoms with van der Waals surface area (Å²) >= 11 is 3.21. The highest BCUT2D eigenvalue weighted by Gasteiger charge is 2.25. The van der Waals surface area contributed by atoms with E-state index in [-0.39, 0.29) is 5.92 Å². The monoisotopic (exact) mass is 314 g/mol. The molecular formula is C12H15BrN2O3. The van der Waals surface area contributed by atoms with Crippen molar-refractivity contribution in [3.63, 3.8) is 0 Å². The third-order valence-corrected chi connectivity index (χ3v) is 3.17. The molecule has 2 N–H and O–H groups in total. The molecule has 0 bridgehead atoms. The molecule has 0 fully saturated rings. The van der Waals surface area contributed by atoms with E-state index in [1.54, 1.807) is 19.2 Å². The number of pyridine rings is 1. The molecule has 1 aromatic heterocycles. The molecule has 0 saturated carbocycles. The van der Waals surface area contributed by atoms with Crippen LogP contribution in [0, 0.1) is 5.92 Å². The van der Waals surface area contributed by atoms with Crippen LogP contribution >= 0.6 is 15.9 Å². The fourth-order valence-electron chi connectivity index (χ4n) is 1.44. The Morgan fingerprint density at radius 2 is 2.17 bits per heavy atom. The van der Waals surface area contributed by atoms with Crippen molar-refractivity contribution in [3.05, 3.63) is 28.5 Å². The van der Waals surface area contributed by atoms with E-state index in [1.807, 2.05) is 6.92 Å². The van der Waals surface area contributed by atoms with E-state index >= 15 is 0 Å². The summed E-state index contributed by atoms with van der Waals surface area (Å²) in [4.78, 5) is 26.9. The maximum atomic E-state index is 11.9. The Morgan fingerprint density at radius 1 is 1.50 bits per heavy atom. The van der Waals surface area contributed by atoms with Crippen molar-refractivity contribution in [3.8, 4) is 0 Å². The van der Waals surface area contributed by atoms with Crippen LogP contribution in [0.4, 0.5) is 0 Å². The zero-order valence-corrected chi connectivity index (χ0v) is 11.8. The lowest BCUT2D eigenvalue weighted by atomic mass is 9.99. The number of carbonyl (C=O) groups is 2. The van der Waals surface area contributed by atoms with Crippen LogP contribution in [0.2, 0.25) is 0 Å². The minimum atomic E-state index is -1.03. The fraction of sp³-hybridized carbons (Fsp3) is 0.417. The van der Waals surface area contributed by atoms with Crippen molar-refractivity contribution in [1.82, 2.24) is 10.3 Å². The Morgan fingerprint density at radius 3 is 2.67 bits per heavy atom. The van der Waals surface area contributed by atoms with Gasteiger partial charge in [-0.15, -0.1) is 0 Å². The number of nitrogens with zero attached hydrogens (tertiary/aromatic N) is 1. The molecule has 0 aliphatic heterocycles. The largest absolute Gasteiger partial charge is 0.480 e. The molecule has 1 heterocycles. The van der Waals surface area contributed by atoms with Gasteiger partial charge in [0.1, 0.15) is 6.04 Å². The zero-order chi connectivity index (χ0) is 13.7. The Hall–Kier alpha value is -1.43. The van der Waals surface area contributed by atoms with Gasteiger partial charge >= 0.3 is 5.97 Å². The maximum Gasteiger partial charge on any atom is 0.326 e. The van der Waals surface area contributed by atoms with Gasteiger partial charge in [0, 0.05) is 16.9 Å². The van der Waals surface area contributed by atoms with Gasteiger partial charge in [-0.05, 0) is 27.9 Å². The first-order valence-electron chi connectivity index (χ1n) is 5.60. The lowest BCUT2D eigenvalue weighted by Gasteiger charge is -2.20. The van der Waals surface area contributed by atoms with Gasteiger partial charge in [-0.2, -0.15) is 0 Å². The number of rotatable bonds is 5. The van der Waals surface area contributed by atoms with Crippen molar-refractivity contribution in [2.45, 2.75) is 26.3 Å². The number of halogens is 1. The highest BCUT2D eigenvalue weighted by Crippen LogP contribution is 2.12. The Balaban J connectivity index is 2.82. The summed E-state index contributed by atoms with van der Waals surface area (Å²) in [6.07, 6.45) is 3.63. The van der Waals surface area contributed by atoms with Gasteiger partial charge in [0.2, 0.25) is 0 Å². The van der Waals surface area contributed by atoms with Crippen molar-refractivity contribution < 1.29 is 14.7 Å². The van der Waals surface area contributed by atoms with E-state index in [0.29, 0.717) is 16.5 Å². The summed E-state index contributed by atoms with van der Waals surface area (Å²) in [6, 6.07) is 0.708. The Bertz CT molecular complexity index is 451. The smallest absolute Gasteiger partial charge is 0.326 e. The van der Waals surface area contributed by atoms with Gasteiger partial charge in [0.15, 0.2) is 0 Å². The van der Waals surface area contributed by atoms with Crippen LogP contribution in [0.3, 0.4) is 0 Å². The predicted octanol–water partition coefficient (Wildman–Crippen LogP) is 2.07. The highest BCUT2D eigenvalue weighted by atomic mass is 79.9. The second-order valence-corrected chi connectivity index (χ2v) is 4.98. The molecule has 2 atom stereocenters. The summed E-state index contributed by atoms with van der Waals surface area (Å²) in [5.74, 6) is -1.59. The summed E-state index contributed by atoms with van der Waals surface area (Å²) in [5.41, 5.74) is 0.332. The normalized spacial score (nSPS) is 13.7. The van der Waals surface area contributed by atoms with Crippen LogP contribution in [-0.4, -0.2) is 28.0 Å². The first-order valence-corrected chi connectivity index (χ1v) is 6.39. The number of aromatic nitrogens is 1. The van der Waals surface area contributed by atoms with Crippen LogP contribution < -0.4 is 5.32 Å². The van der Waals surface area contributed by atoms with Crippen LogP contribution in [0.1, 0.15) is 30.6 Å². The van der Waals surface area contributed by atoms with E-state index in [4.69, 9.17) is 5.11 Å². The minimum absolute atomic E-state index is 0.133. The molecule has 0 radical (unpaired) electrons. The average molecular weight is 315 g/mol. The standard InChI is InChI=1S/C12H15BrN2O3/c1-3-7(2)10(12(17)18)15-11(16)8-4-9(13)6-14-5-8/h4-7,10H,3H2,1-2H3,(H,15,16)(H,17,18). The van der Waals surface area contributed by atoms with Crippen molar-refractivity contribution in [1.29, 1.82) is 0 Å². The number of aliphatic carboxylic acids is 1. The first-order chi connectivity index (χ1) is 8.45. The molecule has 0 spiro atoms. The average Bonchev–Trinajstić information content (AvgIpc) is 2.34. The number of carboxylic acid groups (broad SMARTS) is 1. The molecule has 0 aliphatic rings. The van der Waals surface area contributed by atoms with Crippen LogP contribution in [0.5, 0.6) is 0 Å². The van der Waals surface area contributed by atoms with Gasteiger partial charge in [0.05, 0.1) is 5.56 Å². The Labute approximate surface area is 114 Å². The minimum Gasteiger partial charge on any atom is -0.480 e.